The van der Waals surface area contributed by atoms with Crippen molar-refractivity contribution in [3.63, 3.8) is 0 Å². The zero-order valence-corrected chi connectivity index (χ0v) is 19.8. The summed E-state index contributed by atoms with van der Waals surface area (Å²) < 4.78 is 35.6. The Labute approximate surface area is 198 Å². The Morgan fingerprint density at radius 1 is 1.12 bits per heavy atom. The lowest BCUT2D eigenvalue weighted by Crippen LogP contribution is -2.23. The lowest BCUT2D eigenvalue weighted by Gasteiger charge is -2.14. The van der Waals surface area contributed by atoms with Crippen molar-refractivity contribution in [2.45, 2.75) is 44.0 Å². The van der Waals surface area contributed by atoms with E-state index >= 15 is 0 Å². The molecule has 0 saturated heterocycles. The Hall–Kier alpha value is -3.50. The van der Waals surface area contributed by atoms with Crippen LogP contribution in [0.1, 0.15) is 42.2 Å². The summed E-state index contributed by atoms with van der Waals surface area (Å²) in [4.78, 5) is 24.8. The highest BCUT2D eigenvalue weighted by atomic mass is 32.2. The molecule has 2 aromatic carbocycles. The molecule has 0 atom stereocenters. The molecule has 1 aliphatic rings. The van der Waals surface area contributed by atoms with Crippen LogP contribution in [0, 0.1) is 0 Å². The monoisotopic (exact) mass is 482 g/mol. The van der Waals surface area contributed by atoms with Crippen molar-refractivity contribution >= 4 is 27.7 Å². The molecule has 9 nitrogen and oxygen atoms in total. The summed E-state index contributed by atoms with van der Waals surface area (Å²) >= 11 is 0. The van der Waals surface area contributed by atoms with Gasteiger partial charge < -0.3 is 10.1 Å². The summed E-state index contributed by atoms with van der Waals surface area (Å²) in [6, 6.07) is 13.9. The molecular formula is C24H26N4O5S. The molecule has 2 N–H and O–H groups in total. The number of nitrogens with zero attached hydrogens (tertiary/aromatic N) is 2. The first kappa shape index (κ1) is 23.7. The van der Waals surface area contributed by atoms with Gasteiger partial charge in [-0.05, 0) is 29.7 Å². The van der Waals surface area contributed by atoms with Crippen LogP contribution in [0.15, 0.2) is 53.4 Å². The first-order chi connectivity index (χ1) is 16.3. The van der Waals surface area contributed by atoms with E-state index in [-0.39, 0.29) is 47.7 Å². The topological polar surface area (TPSA) is 119 Å². The third kappa shape index (κ3) is 4.73. The number of aryl methyl sites for hydroxylation is 1. The minimum atomic E-state index is -3.95. The van der Waals surface area contributed by atoms with E-state index in [1.165, 1.54) is 17.9 Å². The van der Waals surface area contributed by atoms with Crippen molar-refractivity contribution in [2.75, 3.05) is 12.4 Å². The SMILES string of the molecule is CCCc1nn2c(c1-c1ccc(OC)c(S(=O)(=O)NCc3ccccc3)c1)NC(=O)CCC2=O. The Bertz CT molecular complexity index is 1330. The third-order valence-corrected chi connectivity index (χ3v) is 6.98. The normalized spacial score (nSPS) is 13.8. The summed E-state index contributed by atoms with van der Waals surface area (Å²) in [5, 5.41) is 7.24. The first-order valence-electron chi connectivity index (χ1n) is 11.0. The summed E-state index contributed by atoms with van der Waals surface area (Å²) in [6.07, 6.45) is 1.43. The average molecular weight is 483 g/mol. The van der Waals surface area contributed by atoms with Gasteiger partial charge in [0.2, 0.25) is 21.8 Å². The Morgan fingerprint density at radius 2 is 1.88 bits per heavy atom. The van der Waals surface area contributed by atoms with Crippen LogP contribution in [0.25, 0.3) is 11.1 Å². The van der Waals surface area contributed by atoms with E-state index in [0.717, 1.165) is 12.0 Å². The molecule has 0 bridgehead atoms. The van der Waals surface area contributed by atoms with Crippen LogP contribution < -0.4 is 14.8 Å². The molecular weight excluding hydrogens is 456 g/mol. The van der Waals surface area contributed by atoms with Crippen molar-refractivity contribution in [1.29, 1.82) is 0 Å². The van der Waals surface area contributed by atoms with E-state index in [2.05, 4.69) is 15.1 Å². The number of methoxy groups -OCH3 is 1. The van der Waals surface area contributed by atoms with Gasteiger partial charge in [-0.1, -0.05) is 49.7 Å². The molecule has 1 aliphatic heterocycles. The van der Waals surface area contributed by atoms with E-state index < -0.39 is 10.0 Å². The van der Waals surface area contributed by atoms with Gasteiger partial charge in [0.25, 0.3) is 0 Å². The van der Waals surface area contributed by atoms with Crippen molar-refractivity contribution in [2.24, 2.45) is 0 Å². The largest absolute Gasteiger partial charge is 0.495 e. The molecule has 10 heteroatoms. The smallest absolute Gasteiger partial charge is 0.249 e. The van der Waals surface area contributed by atoms with Crippen molar-refractivity contribution in [3.8, 4) is 16.9 Å². The van der Waals surface area contributed by atoms with E-state index in [1.807, 2.05) is 37.3 Å². The number of carbonyl (C=O) groups excluding carboxylic acids is 2. The number of rotatable bonds is 8. The van der Waals surface area contributed by atoms with Crippen molar-refractivity contribution < 1.29 is 22.7 Å². The zero-order valence-electron chi connectivity index (χ0n) is 19.0. The Morgan fingerprint density at radius 3 is 2.59 bits per heavy atom. The molecule has 1 aromatic heterocycles. The minimum Gasteiger partial charge on any atom is -0.495 e. The van der Waals surface area contributed by atoms with Gasteiger partial charge in [0.15, 0.2) is 0 Å². The molecule has 1 amide bonds. The van der Waals surface area contributed by atoms with E-state index in [0.29, 0.717) is 23.2 Å². The van der Waals surface area contributed by atoms with Gasteiger partial charge in [0, 0.05) is 24.9 Å². The Balaban J connectivity index is 1.80. The number of sulfonamides is 1. The van der Waals surface area contributed by atoms with E-state index in [9.17, 15) is 18.0 Å². The van der Waals surface area contributed by atoms with Crippen LogP contribution >= 0.6 is 0 Å². The van der Waals surface area contributed by atoms with E-state index in [1.54, 1.807) is 12.1 Å². The fourth-order valence-electron chi connectivity index (χ4n) is 3.89. The molecule has 0 saturated carbocycles. The lowest BCUT2D eigenvalue weighted by molar-refractivity contribution is -0.116. The summed E-state index contributed by atoms with van der Waals surface area (Å²) in [5.74, 6) is -0.133. The van der Waals surface area contributed by atoms with Gasteiger partial charge in [-0.3, -0.25) is 9.59 Å². The number of aromatic nitrogens is 2. The van der Waals surface area contributed by atoms with Crippen LogP contribution in [-0.4, -0.2) is 37.1 Å². The molecule has 0 spiro atoms. The highest BCUT2D eigenvalue weighted by molar-refractivity contribution is 7.89. The molecule has 3 aromatic rings. The van der Waals surface area contributed by atoms with Gasteiger partial charge in [-0.2, -0.15) is 9.78 Å². The van der Waals surface area contributed by atoms with Gasteiger partial charge in [-0.25, -0.2) is 13.1 Å². The molecule has 2 heterocycles. The van der Waals surface area contributed by atoms with Crippen molar-refractivity contribution in [3.05, 3.63) is 59.8 Å². The molecule has 34 heavy (non-hydrogen) atoms. The Kier molecular flexibility index (Phi) is 6.80. The number of hydrogen-bond acceptors (Lipinski definition) is 6. The summed E-state index contributed by atoms with van der Waals surface area (Å²) in [5.41, 5.74) is 2.47. The summed E-state index contributed by atoms with van der Waals surface area (Å²) in [7, 11) is -2.55. The molecule has 0 aliphatic carbocycles. The molecule has 0 fully saturated rings. The van der Waals surface area contributed by atoms with Crippen LogP contribution in [-0.2, 0) is 27.8 Å². The fourth-order valence-corrected chi connectivity index (χ4v) is 5.10. The van der Waals surface area contributed by atoms with Gasteiger partial charge in [0.05, 0.1) is 12.8 Å². The third-order valence-electron chi connectivity index (χ3n) is 5.56. The standard InChI is InChI=1S/C24H26N4O5S/c1-3-7-18-23(24-26-21(29)12-13-22(30)28(24)27-18)17-10-11-19(33-2)20(14-17)34(31,32)25-15-16-8-5-4-6-9-16/h4-6,8-11,14,25H,3,7,12-13,15H2,1-2H3,(H,26,29). The number of fused-ring (bicyclic) bond motifs is 1. The average Bonchev–Trinajstić information content (AvgIpc) is 3.12. The quantitative estimate of drug-likeness (QED) is 0.508. The predicted molar refractivity (Wildman–Crippen MR) is 127 cm³/mol. The molecule has 178 valence electrons. The number of ether oxygens (including phenoxy) is 1. The van der Waals surface area contributed by atoms with Crippen molar-refractivity contribution in [1.82, 2.24) is 14.5 Å². The maximum atomic E-state index is 13.2. The van der Waals surface area contributed by atoms with Gasteiger partial charge in [-0.15, -0.1) is 0 Å². The van der Waals surface area contributed by atoms with Gasteiger partial charge >= 0.3 is 0 Å². The number of amides is 1. The number of hydrogen-bond donors (Lipinski definition) is 2. The fraction of sp³-hybridized carbons (Fsp3) is 0.292. The predicted octanol–water partition coefficient (Wildman–Crippen LogP) is 3.36. The number of benzene rings is 2. The second kappa shape index (κ2) is 9.78. The van der Waals surface area contributed by atoms with Gasteiger partial charge in [0.1, 0.15) is 16.5 Å². The van der Waals surface area contributed by atoms with Crippen LogP contribution in [0.2, 0.25) is 0 Å². The van der Waals surface area contributed by atoms with Crippen LogP contribution in [0.5, 0.6) is 5.75 Å². The minimum absolute atomic E-state index is 0.0443. The summed E-state index contributed by atoms with van der Waals surface area (Å²) in [6.45, 7) is 2.09. The highest BCUT2D eigenvalue weighted by Gasteiger charge is 2.29. The maximum Gasteiger partial charge on any atom is 0.249 e. The highest BCUT2D eigenvalue weighted by Crippen LogP contribution is 2.37. The van der Waals surface area contributed by atoms with Crippen LogP contribution in [0.4, 0.5) is 5.82 Å². The lowest BCUT2D eigenvalue weighted by atomic mass is 10.0. The number of carbonyl (C=O) groups is 2. The van der Waals surface area contributed by atoms with Crippen LogP contribution in [0.3, 0.4) is 0 Å². The molecule has 4 rings (SSSR count). The second-order valence-corrected chi connectivity index (χ2v) is 9.69. The zero-order chi connectivity index (χ0) is 24.3. The number of nitrogens with one attached hydrogen (secondary N) is 2. The first-order valence-corrected chi connectivity index (χ1v) is 12.5. The molecule has 0 unspecified atom stereocenters. The van der Waals surface area contributed by atoms with E-state index in [4.69, 9.17) is 4.74 Å². The molecule has 0 radical (unpaired) electrons. The second-order valence-electron chi connectivity index (χ2n) is 7.95. The number of anilines is 1. The maximum absolute atomic E-state index is 13.2.